The Kier molecular flexibility index (Phi) is 3.25. The molecule has 1 nitrogen and oxygen atoms in total. The third-order valence-corrected chi connectivity index (χ3v) is 3.04. The highest BCUT2D eigenvalue weighted by molar-refractivity contribution is 5.44. The predicted molar refractivity (Wildman–Crippen MR) is 69.7 cm³/mol. The van der Waals surface area contributed by atoms with Gasteiger partial charge >= 0.3 is 0 Å². The summed E-state index contributed by atoms with van der Waals surface area (Å²) < 4.78 is 0. The summed E-state index contributed by atoms with van der Waals surface area (Å²) in [5.41, 5.74) is 4.30. The zero-order valence-electron chi connectivity index (χ0n) is 10.3. The van der Waals surface area contributed by atoms with Crippen molar-refractivity contribution in [2.75, 3.05) is 20.6 Å². The summed E-state index contributed by atoms with van der Waals surface area (Å²) in [5.74, 6) is 0.476. The van der Waals surface area contributed by atoms with Gasteiger partial charge in [0.15, 0.2) is 0 Å². The lowest BCUT2D eigenvalue weighted by atomic mass is 9.90. The van der Waals surface area contributed by atoms with E-state index in [1.165, 1.54) is 16.7 Å². The van der Waals surface area contributed by atoms with Crippen LogP contribution in [0.2, 0.25) is 0 Å². The number of hydrogen-bond donors (Lipinski definition) is 0. The molecule has 1 heteroatoms. The van der Waals surface area contributed by atoms with Crippen LogP contribution >= 0.6 is 0 Å². The third-order valence-electron chi connectivity index (χ3n) is 3.04. The molecule has 0 spiro atoms. The van der Waals surface area contributed by atoms with E-state index in [2.05, 4.69) is 68.4 Å². The fourth-order valence-electron chi connectivity index (χ4n) is 2.27. The normalized spacial score (nSPS) is 19.2. The fourth-order valence-corrected chi connectivity index (χ4v) is 2.27. The van der Waals surface area contributed by atoms with Crippen LogP contribution in [0.25, 0.3) is 0 Å². The van der Waals surface area contributed by atoms with Crippen molar-refractivity contribution in [3.05, 3.63) is 59.2 Å². The van der Waals surface area contributed by atoms with Gasteiger partial charge in [0.25, 0.3) is 0 Å². The van der Waals surface area contributed by atoms with Crippen LogP contribution in [-0.4, -0.2) is 25.5 Å². The Morgan fingerprint density at radius 2 is 1.94 bits per heavy atom. The van der Waals surface area contributed by atoms with Crippen molar-refractivity contribution in [1.82, 2.24) is 4.90 Å². The summed E-state index contributed by atoms with van der Waals surface area (Å²) in [5, 5.41) is 0. The van der Waals surface area contributed by atoms with E-state index < -0.39 is 0 Å². The molecule has 0 N–H and O–H groups in total. The van der Waals surface area contributed by atoms with Gasteiger partial charge in [0.2, 0.25) is 0 Å². The summed E-state index contributed by atoms with van der Waals surface area (Å²) >= 11 is 0. The zero-order chi connectivity index (χ0) is 11.5. The van der Waals surface area contributed by atoms with Crippen LogP contribution in [0.15, 0.2) is 48.1 Å². The van der Waals surface area contributed by atoms with Crippen LogP contribution in [0.3, 0.4) is 0 Å². The molecule has 0 fully saturated rings. The molecular weight excluding hydrogens is 194 g/mol. The van der Waals surface area contributed by atoms with Gasteiger partial charge in [-0.05, 0) is 37.7 Å². The Hall–Kier alpha value is -1.34. The van der Waals surface area contributed by atoms with Gasteiger partial charge in [-0.1, -0.05) is 42.5 Å². The SMILES string of the molecule is Cc1ccccc1C1C=CC=C1CN(C)C. The molecule has 1 aliphatic rings. The maximum atomic E-state index is 2.29. The van der Waals surface area contributed by atoms with E-state index in [4.69, 9.17) is 0 Å². The standard InChI is InChI=1S/C15H19N/c1-12-7-4-5-9-14(12)15-10-6-8-13(15)11-16(2)3/h4-10,15H,11H2,1-3H3. The van der Waals surface area contributed by atoms with Crippen LogP contribution < -0.4 is 0 Å². The number of rotatable bonds is 3. The van der Waals surface area contributed by atoms with Crippen molar-refractivity contribution in [2.24, 2.45) is 0 Å². The molecule has 1 aromatic carbocycles. The molecular formula is C15H19N. The average molecular weight is 213 g/mol. The van der Waals surface area contributed by atoms with Gasteiger partial charge in [-0.25, -0.2) is 0 Å². The first kappa shape index (κ1) is 11.2. The number of allylic oxidation sites excluding steroid dienone is 3. The Bertz CT molecular complexity index is 427. The predicted octanol–water partition coefficient (Wildman–Crippen LogP) is 3.14. The van der Waals surface area contributed by atoms with Crippen molar-refractivity contribution in [1.29, 1.82) is 0 Å². The number of nitrogens with zero attached hydrogens (tertiary/aromatic N) is 1. The molecule has 1 atom stereocenters. The van der Waals surface area contributed by atoms with Crippen molar-refractivity contribution in [3.8, 4) is 0 Å². The van der Waals surface area contributed by atoms with Gasteiger partial charge in [-0.15, -0.1) is 0 Å². The summed E-state index contributed by atoms with van der Waals surface area (Å²) in [6.07, 6.45) is 6.72. The lowest BCUT2D eigenvalue weighted by molar-refractivity contribution is 0.439. The molecule has 16 heavy (non-hydrogen) atoms. The highest BCUT2D eigenvalue weighted by Gasteiger charge is 2.18. The Balaban J connectivity index is 2.25. The van der Waals surface area contributed by atoms with E-state index >= 15 is 0 Å². The highest BCUT2D eigenvalue weighted by Crippen LogP contribution is 2.32. The molecule has 0 radical (unpaired) electrons. The van der Waals surface area contributed by atoms with Crippen LogP contribution in [0.4, 0.5) is 0 Å². The molecule has 0 saturated carbocycles. The second-order valence-corrected chi connectivity index (χ2v) is 4.70. The maximum absolute atomic E-state index is 2.29. The Morgan fingerprint density at radius 3 is 2.62 bits per heavy atom. The lowest BCUT2D eigenvalue weighted by Crippen LogP contribution is -2.17. The van der Waals surface area contributed by atoms with Crippen molar-refractivity contribution >= 4 is 0 Å². The molecule has 1 aromatic rings. The van der Waals surface area contributed by atoms with E-state index in [1.807, 2.05) is 0 Å². The number of hydrogen-bond acceptors (Lipinski definition) is 1. The van der Waals surface area contributed by atoms with Crippen LogP contribution in [0.1, 0.15) is 17.0 Å². The molecule has 0 amide bonds. The second-order valence-electron chi connectivity index (χ2n) is 4.70. The van der Waals surface area contributed by atoms with Crippen LogP contribution in [0.5, 0.6) is 0 Å². The molecule has 84 valence electrons. The van der Waals surface area contributed by atoms with E-state index in [0.29, 0.717) is 5.92 Å². The molecule has 2 rings (SSSR count). The van der Waals surface area contributed by atoms with E-state index in [9.17, 15) is 0 Å². The number of benzene rings is 1. The quantitative estimate of drug-likeness (QED) is 0.745. The first-order valence-electron chi connectivity index (χ1n) is 5.76. The van der Waals surface area contributed by atoms with Crippen molar-refractivity contribution in [3.63, 3.8) is 0 Å². The Labute approximate surface area is 98.1 Å². The third kappa shape index (κ3) is 2.25. The highest BCUT2D eigenvalue weighted by atomic mass is 15.0. The van der Waals surface area contributed by atoms with E-state index in [-0.39, 0.29) is 0 Å². The molecule has 1 unspecified atom stereocenters. The van der Waals surface area contributed by atoms with Crippen LogP contribution in [-0.2, 0) is 0 Å². The zero-order valence-corrected chi connectivity index (χ0v) is 10.3. The number of likely N-dealkylation sites (N-methyl/N-ethyl adjacent to an activating group) is 1. The van der Waals surface area contributed by atoms with Gasteiger partial charge in [0.1, 0.15) is 0 Å². The summed E-state index contributed by atoms with van der Waals surface area (Å²) in [7, 11) is 4.24. The largest absolute Gasteiger partial charge is 0.305 e. The molecule has 1 aliphatic carbocycles. The van der Waals surface area contributed by atoms with Gasteiger partial charge in [-0.2, -0.15) is 0 Å². The fraction of sp³-hybridized carbons (Fsp3) is 0.333. The molecule has 0 aliphatic heterocycles. The molecule has 0 aromatic heterocycles. The summed E-state index contributed by atoms with van der Waals surface area (Å²) in [4.78, 5) is 2.23. The lowest BCUT2D eigenvalue weighted by Gasteiger charge is -2.19. The van der Waals surface area contributed by atoms with E-state index in [1.54, 1.807) is 0 Å². The minimum absolute atomic E-state index is 0.476. The average Bonchev–Trinajstić information content (AvgIpc) is 2.66. The Morgan fingerprint density at radius 1 is 1.19 bits per heavy atom. The molecule has 0 saturated heterocycles. The van der Waals surface area contributed by atoms with Gasteiger partial charge in [-0.3, -0.25) is 0 Å². The minimum Gasteiger partial charge on any atom is -0.305 e. The first-order valence-corrected chi connectivity index (χ1v) is 5.76. The maximum Gasteiger partial charge on any atom is 0.0249 e. The number of aryl methyl sites for hydroxylation is 1. The van der Waals surface area contributed by atoms with Gasteiger partial charge in [0, 0.05) is 12.5 Å². The van der Waals surface area contributed by atoms with Crippen molar-refractivity contribution in [2.45, 2.75) is 12.8 Å². The van der Waals surface area contributed by atoms with E-state index in [0.717, 1.165) is 6.54 Å². The smallest absolute Gasteiger partial charge is 0.0249 e. The summed E-state index contributed by atoms with van der Waals surface area (Å²) in [6, 6.07) is 8.66. The topological polar surface area (TPSA) is 3.24 Å². The molecule has 0 heterocycles. The minimum atomic E-state index is 0.476. The molecule has 0 bridgehead atoms. The van der Waals surface area contributed by atoms with Crippen molar-refractivity contribution < 1.29 is 0 Å². The van der Waals surface area contributed by atoms with Gasteiger partial charge in [0.05, 0.1) is 0 Å². The van der Waals surface area contributed by atoms with Gasteiger partial charge < -0.3 is 4.90 Å². The van der Waals surface area contributed by atoms with Crippen LogP contribution in [0, 0.1) is 6.92 Å². The monoisotopic (exact) mass is 213 g/mol. The summed E-state index contributed by atoms with van der Waals surface area (Å²) in [6.45, 7) is 3.22. The second kappa shape index (κ2) is 4.67. The first-order chi connectivity index (χ1) is 7.68.